The zero-order chi connectivity index (χ0) is 19.4. The van der Waals surface area contributed by atoms with Crippen LogP contribution in [0, 0.1) is 0 Å². The lowest BCUT2D eigenvalue weighted by Crippen LogP contribution is -2.28. The molecule has 0 unspecified atom stereocenters. The van der Waals surface area contributed by atoms with Crippen molar-refractivity contribution in [1.29, 1.82) is 0 Å². The van der Waals surface area contributed by atoms with E-state index in [1.54, 1.807) is 0 Å². The SMILES string of the molecule is O=C(NCCOCCOCCOCCCCCCCl)OCc1ccccc1. The second kappa shape index (κ2) is 18.0. The average Bonchev–Trinajstić information content (AvgIpc) is 2.70. The number of nitrogens with one attached hydrogen (secondary N) is 1. The van der Waals surface area contributed by atoms with Crippen molar-refractivity contribution in [3.05, 3.63) is 35.9 Å². The van der Waals surface area contributed by atoms with Gasteiger partial charge in [-0.05, 0) is 18.4 Å². The molecule has 1 aromatic carbocycles. The first-order chi connectivity index (χ1) is 13.3. The summed E-state index contributed by atoms with van der Waals surface area (Å²) >= 11 is 5.62. The first-order valence-corrected chi connectivity index (χ1v) is 10.1. The van der Waals surface area contributed by atoms with Crippen LogP contribution < -0.4 is 5.32 Å². The minimum absolute atomic E-state index is 0.261. The van der Waals surface area contributed by atoms with Crippen LogP contribution in [0.25, 0.3) is 0 Å². The molecule has 0 aliphatic carbocycles. The highest BCUT2D eigenvalue weighted by Crippen LogP contribution is 2.01. The van der Waals surface area contributed by atoms with Crippen LogP contribution in [0.2, 0.25) is 0 Å². The molecule has 0 radical (unpaired) electrons. The number of hydrogen-bond acceptors (Lipinski definition) is 5. The van der Waals surface area contributed by atoms with Gasteiger partial charge in [0.05, 0.1) is 33.0 Å². The molecule has 0 heterocycles. The van der Waals surface area contributed by atoms with Crippen molar-refractivity contribution in [2.75, 3.05) is 52.1 Å². The predicted octanol–water partition coefficient (Wildman–Crippen LogP) is 3.76. The summed E-state index contributed by atoms with van der Waals surface area (Å²) in [4.78, 5) is 11.5. The third kappa shape index (κ3) is 15.4. The zero-order valence-corrected chi connectivity index (χ0v) is 16.8. The molecular weight excluding hydrogens is 370 g/mol. The highest BCUT2D eigenvalue weighted by molar-refractivity contribution is 6.17. The molecule has 27 heavy (non-hydrogen) atoms. The molecule has 1 aromatic rings. The second-order valence-electron chi connectivity index (χ2n) is 5.93. The van der Waals surface area contributed by atoms with Crippen molar-refractivity contribution >= 4 is 17.7 Å². The summed E-state index contributed by atoms with van der Waals surface area (Å²) in [5, 5.41) is 2.64. The van der Waals surface area contributed by atoms with Gasteiger partial charge >= 0.3 is 6.09 Å². The lowest BCUT2D eigenvalue weighted by atomic mass is 10.2. The number of alkyl halides is 1. The van der Waals surface area contributed by atoms with E-state index < -0.39 is 6.09 Å². The quantitative estimate of drug-likeness (QED) is 0.318. The third-order valence-electron chi connectivity index (χ3n) is 3.64. The Labute approximate surface area is 167 Å². The molecule has 0 bridgehead atoms. The summed E-state index contributed by atoms with van der Waals surface area (Å²) in [5.41, 5.74) is 0.955. The van der Waals surface area contributed by atoms with E-state index in [4.69, 9.17) is 30.5 Å². The number of benzene rings is 1. The van der Waals surface area contributed by atoms with E-state index in [0.29, 0.717) is 39.6 Å². The van der Waals surface area contributed by atoms with Crippen LogP contribution in [-0.2, 0) is 25.6 Å². The maximum absolute atomic E-state index is 11.5. The Bertz CT molecular complexity index is 461. The van der Waals surface area contributed by atoms with Crippen LogP contribution in [0.3, 0.4) is 0 Å². The lowest BCUT2D eigenvalue weighted by molar-refractivity contribution is 0.0143. The third-order valence-corrected chi connectivity index (χ3v) is 3.91. The number of alkyl carbamates (subject to hydrolysis) is 1. The summed E-state index contributed by atoms with van der Waals surface area (Å²) in [6.07, 6.45) is 4.03. The fourth-order valence-electron chi connectivity index (χ4n) is 2.19. The van der Waals surface area contributed by atoms with E-state index in [2.05, 4.69) is 5.32 Å². The molecule has 6 nitrogen and oxygen atoms in total. The van der Waals surface area contributed by atoms with Crippen molar-refractivity contribution < 1.29 is 23.7 Å². The maximum atomic E-state index is 11.5. The molecule has 0 saturated carbocycles. The summed E-state index contributed by atoms with van der Waals surface area (Å²) in [5.74, 6) is 0.741. The van der Waals surface area contributed by atoms with Crippen LogP contribution in [0.1, 0.15) is 31.2 Å². The zero-order valence-electron chi connectivity index (χ0n) is 16.0. The standard InChI is InChI=1S/C20H32ClNO5/c21-10-6-1-2-7-12-24-14-16-26-17-15-25-13-11-22-20(23)27-18-19-8-4-3-5-9-19/h3-5,8-9H,1-2,6-7,10-18H2,(H,22,23). The van der Waals surface area contributed by atoms with Gasteiger partial charge in [-0.1, -0.05) is 43.2 Å². The Morgan fingerprint density at radius 2 is 1.44 bits per heavy atom. The van der Waals surface area contributed by atoms with Gasteiger partial charge in [-0.3, -0.25) is 0 Å². The van der Waals surface area contributed by atoms with Crippen molar-refractivity contribution in [2.24, 2.45) is 0 Å². The van der Waals surface area contributed by atoms with E-state index in [1.807, 2.05) is 30.3 Å². The highest BCUT2D eigenvalue weighted by Gasteiger charge is 2.01. The van der Waals surface area contributed by atoms with Gasteiger partial charge in [0.25, 0.3) is 0 Å². The Morgan fingerprint density at radius 3 is 2.15 bits per heavy atom. The van der Waals surface area contributed by atoms with E-state index in [1.165, 1.54) is 6.42 Å². The number of amides is 1. The van der Waals surface area contributed by atoms with Gasteiger partial charge in [0.15, 0.2) is 0 Å². The van der Waals surface area contributed by atoms with E-state index in [9.17, 15) is 4.79 Å². The first-order valence-electron chi connectivity index (χ1n) is 9.56. The van der Waals surface area contributed by atoms with Crippen molar-refractivity contribution in [3.8, 4) is 0 Å². The molecule has 0 fully saturated rings. The van der Waals surface area contributed by atoms with Crippen LogP contribution >= 0.6 is 11.6 Å². The molecule has 154 valence electrons. The summed E-state index contributed by atoms with van der Waals surface area (Å²) < 4.78 is 21.4. The average molecular weight is 402 g/mol. The van der Waals surface area contributed by atoms with E-state index >= 15 is 0 Å². The normalized spacial score (nSPS) is 10.7. The molecule has 7 heteroatoms. The number of carbonyl (C=O) groups excluding carboxylic acids is 1. The minimum Gasteiger partial charge on any atom is -0.445 e. The number of hydrogen-bond donors (Lipinski definition) is 1. The van der Waals surface area contributed by atoms with Crippen LogP contribution in [-0.4, -0.2) is 58.2 Å². The van der Waals surface area contributed by atoms with Crippen LogP contribution in [0.15, 0.2) is 30.3 Å². The second-order valence-corrected chi connectivity index (χ2v) is 6.31. The van der Waals surface area contributed by atoms with Gasteiger partial charge in [0.2, 0.25) is 0 Å². The summed E-state index contributed by atoms with van der Waals surface area (Å²) in [7, 11) is 0. The Kier molecular flexibility index (Phi) is 15.8. The maximum Gasteiger partial charge on any atom is 0.407 e. The monoisotopic (exact) mass is 401 g/mol. The van der Waals surface area contributed by atoms with Gasteiger partial charge in [-0.25, -0.2) is 4.79 Å². The molecule has 1 N–H and O–H groups in total. The number of unbranched alkanes of at least 4 members (excludes halogenated alkanes) is 3. The van der Waals surface area contributed by atoms with Crippen molar-refractivity contribution in [1.82, 2.24) is 5.32 Å². The van der Waals surface area contributed by atoms with Gasteiger partial charge in [0.1, 0.15) is 6.61 Å². The first kappa shape index (κ1) is 23.7. The topological polar surface area (TPSA) is 66.0 Å². The Morgan fingerprint density at radius 1 is 0.815 bits per heavy atom. The smallest absolute Gasteiger partial charge is 0.407 e. The summed E-state index contributed by atoms with van der Waals surface area (Å²) in [6, 6.07) is 9.55. The van der Waals surface area contributed by atoms with Gasteiger partial charge in [0, 0.05) is 19.0 Å². The molecule has 1 amide bonds. The molecule has 0 aromatic heterocycles. The molecule has 0 saturated heterocycles. The molecule has 0 spiro atoms. The summed E-state index contributed by atoms with van der Waals surface area (Å²) in [6.45, 7) is 4.02. The fourth-order valence-corrected chi connectivity index (χ4v) is 2.38. The molecular formula is C20H32ClNO5. The van der Waals surface area contributed by atoms with Crippen LogP contribution in [0.5, 0.6) is 0 Å². The highest BCUT2D eigenvalue weighted by atomic mass is 35.5. The largest absolute Gasteiger partial charge is 0.445 e. The van der Waals surface area contributed by atoms with Gasteiger partial charge in [-0.2, -0.15) is 0 Å². The van der Waals surface area contributed by atoms with Gasteiger partial charge in [-0.15, -0.1) is 11.6 Å². The predicted molar refractivity (Wildman–Crippen MR) is 106 cm³/mol. The van der Waals surface area contributed by atoms with Crippen LogP contribution in [0.4, 0.5) is 4.79 Å². The molecule has 1 rings (SSSR count). The number of carbonyl (C=O) groups is 1. The van der Waals surface area contributed by atoms with Crippen molar-refractivity contribution in [2.45, 2.75) is 32.3 Å². The van der Waals surface area contributed by atoms with Crippen molar-refractivity contribution in [3.63, 3.8) is 0 Å². The lowest BCUT2D eigenvalue weighted by Gasteiger charge is -2.08. The molecule has 0 aliphatic heterocycles. The van der Waals surface area contributed by atoms with E-state index in [0.717, 1.165) is 37.3 Å². The van der Waals surface area contributed by atoms with E-state index in [-0.39, 0.29) is 6.61 Å². The Balaban J connectivity index is 1.77. The Hall–Kier alpha value is -1.34. The number of ether oxygens (including phenoxy) is 4. The number of halogens is 1. The van der Waals surface area contributed by atoms with Gasteiger partial charge < -0.3 is 24.3 Å². The minimum atomic E-state index is -0.446. The number of rotatable bonds is 17. The molecule has 0 aliphatic rings. The fraction of sp³-hybridized carbons (Fsp3) is 0.650. The molecule has 0 atom stereocenters.